The SMILES string of the molecule is COC(=O)/C=C/C(=O)N1CCOC(c2ccc(S(C)(=O)=O)cc2)C1. The molecule has 0 saturated carbocycles. The number of hydrogen-bond acceptors (Lipinski definition) is 6. The van der Waals surface area contributed by atoms with E-state index in [0.717, 1.165) is 17.9 Å². The molecule has 0 aromatic heterocycles. The number of carbonyl (C=O) groups is 2. The van der Waals surface area contributed by atoms with Crippen LogP contribution in [0.1, 0.15) is 11.7 Å². The van der Waals surface area contributed by atoms with E-state index < -0.39 is 15.8 Å². The number of hydrogen-bond donors (Lipinski definition) is 0. The van der Waals surface area contributed by atoms with Gasteiger partial charge in [0.05, 0.1) is 25.2 Å². The van der Waals surface area contributed by atoms with Gasteiger partial charge in [-0.15, -0.1) is 0 Å². The Bertz CT molecular complexity index is 738. The number of carbonyl (C=O) groups excluding carboxylic acids is 2. The van der Waals surface area contributed by atoms with Gasteiger partial charge in [-0.3, -0.25) is 4.79 Å². The molecule has 1 heterocycles. The lowest BCUT2D eigenvalue weighted by molar-refractivity contribution is -0.136. The summed E-state index contributed by atoms with van der Waals surface area (Å²) >= 11 is 0. The average molecular weight is 353 g/mol. The second-order valence-electron chi connectivity index (χ2n) is 5.34. The number of ether oxygens (including phenoxy) is 2. The molecule has 0 N–H and O–H groups in total. The molecule has 24 heavy (non-hydrogen) atoms. The van der Waals surface area contributed by atoms with Crippen molar-refractivity contribution in [2.45, 2.75) is 11.0 Å². The molecular formula is C16H19NO6S. The summed E-state index contributed by atoms with van der Waals surface area (Å²) in [5, 5.41) is 0. The largest absolute Gasteiger partial charge is 0.466 e. The zero-order valence-electron chi connectivity index (χ0n) is 13.5. The van der Waals surface area contributed by atoms with Gasteiger partial charge in [0.1, 0.15) is 6.10 Å². The van der Waals surface area contributed by atoms with Crippen molar-refractivity contribution in [3.63, 3.8) is 0 Å². The fourth-order valence-corrected chi connectivity index (χ4v) is 2.92. The van der Waals surface area contributed by atoms with E-state index >= 15 is 0 Å². The van der Waals surface area contributed by atoms with Crippen LogP contribution in [0, 0.1) is 0 Å². The van der Waals surface area contributed by atoms with Crippen molar-refractivity contribution in [2.24, 2.45) is 0 Å². The van der Waals surface area contributed by atoms with Crippen LogP contribution in [0.2, 0.25) is 0 Å². The summed E-state index contributed by atoms with van der Waals surface area (Å²) in [5.74, 6) is -0.897. The van der Waals surface area contributed by atoms with Crippen LogP contribution >= 0.6 is 0 Å². The second kappa shape index (κ2) is 7.59. The Morgan fingerprint density at radius 1 is 1.25 bits per heavy atom. The Kier molecular flexibility index (Phi) is 5.74. The van der Waals surface area contributed by atoms with Crippen LogP contribution in [0.4, 0.5) is 0 Å². The molecule has 8 heteroatoms. The van der Waals surface area contributed by atoms with Crippen LogP contribution in [0.5, 0.6) is 0 Å². The van der Waals surface area contributed by atoms with Gasteiger partial charge in [0.25, 0.3) is 0 Å². The van der Waals surface area contributed by atoms with Crippen LogP contribution in [0.15, 0.2) is 41.3 Å². The molecule has 0 bridgehead atoms. The summed E-state index contributed by atoms with van der Waals surface area (Å²) in [5.41, 5.74) is 0.789. The molecule has 1 aliphatic heterocycles. The zero-order chi connectivity index (χ0) is 17.7. The molecule has 1 saturated heterocycles. The zero-order valence-corrected chi connectivity index (χ0v) is 14.3. The normalized spacial score (nSPS) is 18.6. The van der Waals surface area contributed by atoms with E-state index in [1.165, 1.54) is 25.3 Å². The van der Waals surface area contributed by atoms with Gasteiger partial charge >= 0.3 is 5.97 Å². The first-order valence-electron chi connectivity index (χ1n) is 7.28. The highest BCUT2D eigenvalue weighted by Gasteiger charge is 2.24. The molecule has 0 aliphatic carbocycles. The van der Waals surface area contributed by atoms with E-state index in [4.69, 9.17) is 4.74 Å². The van der Waals surface area contributed by atoms with E-state index in [-0.39, 0.29) is 16.9 Å². The maximum absolute atomic E-state index is 12.1. The fourth-order valence-electron chi connectivity index (χ4n) is 2.29. The topological polar surface area (TPSA) is 90.0 Å². The van der Waals surface area contributed by atoms with Gasteiger partial charge in [-0.25, -0.2) is 13.2 Å². The standard InChI is InChI=1S/C16H19NO6S/c1-22-16(19)8-7-15(18)17-9-10-23-14(11-17)12-3-5-13(6-4-12)24(2,20)21/h3-8,14H,9-11H2,1-2H3/b8-7+. The Morgan fingerprint density at radius 2 is 1.92 bits per heavy atom. The predicted molar refractivity (Wildman–Crippen MR) is 86.0 cm³/mol. The first kappa shape index (κ1) is 18.2. The molecule has 1 amide bonds. The summed E-state index contributed by atoms with van der Waals surface area (Å²) < 4.78 is 33.1. The lowest BCUT2D eigenvalue weighted by Gasteiger charge is -2.32. The van der Waals surface area contributed by atoms with Crippen LogP contribution in [0.3, 0.4) is 0 Å². The third kappa shape index (κ3) is 4.65. The van der Waals surface area contributed by atoms with Gasteiger partial charge in [-0.1, -0.05) is 12.1 Å². The number of sulfone groups is 1. The van der Waals surface area contributed by atoms with Gasteiger partial charge in [0.2, 0.25) is 5.91 Å². The second-order valence-corrected chi connectivity index (χ2v) is 7.36. The first-order valence-corrected chi connectivity index (χ1v) is 9.17. The smallest absolute Gasteiger partial charge is 0.330 e. The summed E-state index contributed by atoms with van der Waals surface area (Å²) in [4.78, 5) is 24.9. The lowest BCUT2D eigenvalue weighted by Crippen LogP contribution is -2.41. The van der Waals surface area contributed by atoms with Crippen molar-refractivity contribution in [3.05, 3.63) is 42.0 Å². The summed E-state index contributed by atoms with van der Waals surface area (Å²) in [6, 6.07) is 6.40. The highest BCUT2D eigenvalue weighted by atomic mass is 32.2. The van der Waals surface area contributed by atoms with Crippen molar-refractivity contribution >= 4 is 21.7 Å². The Hall–Kier alpha value is -2.19. The summed E-state index contributed by atoms with van der Waals surface area (Å²) in [6.07, 6.45) is 3.05. The minimum Gasteiger partial charge on any atom is -0.466 e. The van der Waals surface area contributed by atoms with Crippen molar-refractivity contribution in [2.75, 3.05) is 33.1 Å². The Balaban J connectivity index is 2.06. The lowest BCUT2D eigenvalue weighted by atomic mass is 10.1. The summed E-state index contributed by atoms with van der Waals surface area (Å²) in [7, 11) is -2.01. The Morgan fingerprint density at radius 3 is 2.50 bits per heavy atom. The maximum Gasteiger partial charge on any atom is 0.330 e. The number of morpholine rings is 1. The van der Waals surface area contributed by atoms with Crippen LogP contribution < -0.4 is 0 Å². The van der Waals surface area contributed by atoms with Crippen molar-refractivity contribution in [1.29, 1.82) is 0 Å². The van der Waals surface area contributed by atoms with Gasteiger partial charge in [-0.05, 0) is 17.7 Å². The number of nitrogens with zero attached hydrogens (tertiary/aromatic N) is 1. The maximum atomic E-state index is 12.1. The van der Waals surface area contributed by atoms with E-state index in [9.17, 15) is 18.0 Å². The number of methoxy groups -OCH3 is 1. The molecule has 1 aromatic rings. The highest BCUT2D eigenvalue weighted by molar-refractivity contribution is 7.90. The van der Waals surface area contributed by atoms with Gasteiger partial charge < -0.3 is 14.4 Å². The van der Waals surface area contributed by atoms with Gasteiger partial charge in [0, 0.05) is 25.0 Å². The molecule has 1 unspecified atom stereocenters. The minimum absolute atomic E-state index is 0.232. The van der Waals surface area contributed by atoms with E-state index in [1.54, 1.807) is 17.0 Å². The number of rotatable bonds is 4. The summed E-state index contributed by atoms with van der Waals surface area (Å²) in [6.45, 7) is 1.10. The molecule has 1 fully saturated rings. The fraction of sp³-hybridized carbons (Fsp3) is 0.375. The van der Waals surface area contributed by atoms with Gasteiger partial charge in [0.15, 0.2) is 9.84 Å². The molecular weight excluding hydrogens is 334 g/mol. The Labute approximate surface area is 140 Å². The molecule has 7 nitrogen and oxygen atoms in total. The molecule has 1 aliphatic rings. The molecule has 1 atom stereocenters. The molecule has 1 aromatic carbocycles. The van der Waals surface area contributed by atoms with E-state index in [1.807, 2.05) is 0 Å². The number of esters is 1. The quantitative estimate of drug-likeness (QED) is 0.585. The van der Waals surface area contributed by atoms with E-state index in [2.05, 4.69) is 4.74 Å². The third-order valence-corrected chi connectivity index (χ3v) is 4.75. The van der Waals surface area contributed by atoms with Crippen molar-refractivity contribution in [3.8, 4) is 0 Å². The monoisotopic (exact) mass is 353 g/mol. The van der Waals surface area contributed by atoms with Crippen LogP contribution in [-0.2, 0) is 28.9 Å². The van der Waals surface area contributed by atoms with Crippen LogP contribution in [0.25, 0.3) is 0 Å². The first-order chi connectivity index (χ1) is 11.3. The van der Waals surface area contributed by atoms with Crippen LogP contribution in [-0.4, -0.2) is 58.3 Å². The molecule has 0 radical (unpaired) electrons. The molecule has 130 valence electrons. The van der Waals surface area contributed by atoms with Crippen molar-refractivity contribution < 1.29 is 27.5 Å². The average Bonchev–Trinajstić information content (AvgIpc) is 2.58. The molecule has 2 rings (SSSR count). The minimum atomic E-state index is -3.25. The third-order valence-electron chi connectivity index (χ3n) is 3.62. The highest BCUT2D eigenvalue weighted by Crippen LogP contribution is 2.23. The molecule has 0 spiro atoms. The number of benzene rings is 1. The predicted octanol–water partition coefficient (Wildman–Crippen LogP) is 0.719. The van der Waals surface area contributed by atoms with Gasteiger partial charge in [-0.2, -0.15) is 0 Å². The number of amides is 1. The van der Waals surface area contributed by atoms with E-state index in [0.29, 0.717) is 19.7 Å². The van der Waals surface area contributed by atoms with Crippen molar-refractivity contribution in [1.82, 2.24) is 4.90 Å².